The smallest absolute Gasteiger partial charge is 0.143 e. The van der Waals surface area contributed by atoms with Crippen LogP contribution in [0.5, 0.6) is 0 Å². The molecule has 3 aromatic carbocycles. The zero-order valence-corrected chi connectivity index (χ0v) is 20.1. The number of piperazine rings is 1. The molecule has 1 aromatic heterocycles. The highest BCUT2D eigenvalue weighted by molar-refractivity contribution is 5.91. The first-order valence-electron chi connectivity index (χ1n) is 11.9. The molecule has 4 aromatic rings. The second-order valence-corrected chi connectivity index (χ2v) is 8.94. The van der Waals surface area contributed by atoms with E-state index in [2.05, 4.69) is 69.0 Å². The second-order valence-electron chi connectivity index (χ2n) is 8.94. The minimum atomic E-state index is -1.21. The van der Waals surface area contributed by atoms with Crippen LogP contribution >= 0.6 is 0 Å². The maximum Gasteiger partial charge on any atom is 0.143 e. The average molecular weight is 470 g/mol. The summed E-state index contributed by atoms with van der Waals surface area (Å²) >= 11 is 0. The van der Waals surface area contributed by atoms with Gasteiger partial charge in [-0.05, 0) is 48.4 Å². The average Bonchev–Trinajstić information content (AvgIpc) is 3.28. The third-order valence-electron chi connectivity index (χ3n) is 6.71. The topological polar surface area (TPSA) is 73.7 Å². The number of aromatic nitrogens is 2. The number of benzene rings is 3. The number of carboxylic acids is 1. The molecule has 1 atom stereocenters. The Labute approximate surface area is 205 Å². The molecule has 1 fully saturated rings. The van der Waals surface area contributed by atoms with Crippen molar-refractivity contribution in [1.82, 2.24) is 14.5 Å². The van der Waals surface area contributed by atoms with Crippen molar-refractivity contribution in [1.29, 1.82) is 0 Å². The van der Waals surface area contributed by atoms with Crippen molar-refractivity contribution in [2.75, 3.05) is 38.2 Å². The summed E-state index contributed by atoms with van der Waals surface area (Å²) in [6.07, 6.45) is -0.265. The number of fused-ring (bicyclic) bond motifs is 1. The van der Waals surface area contributed by atoms with Gasteiger partial charge < -0.3 is 19.5 Å². The monoisotopic (exact) mass is 469 g/mol. The predicted molar refractivity (Wildman–Crippen MR) is 135 cm³/mol. The summed E-state index contributed by atoms with van der Waals surface area (Å²) < 4.78 is 7.64. The van der Waals surface area contributed by atoms with Crippen molar-refractivity contribution in [2.24, 2.45) is 0 Å². The van der Waals surface area contributed by atoms with Crippen LogP contribution in [0, 0.1) is 0 Å². The van der Waals surface area contributed by atoms with Crippen LogP contribution in [0.4, 0.5) is 5.69 Å². The van der Waals surface area contributed by atoms with Gasteiger partial charge in [0.2, 0.25) is 0 Å². The zero-order valence-electron chi connectivity index (χ0n) is 20.1. The fourth-order valence-electron chi connectivity index (χ4n) is 4.71. The van der Waals surface area contributed by atoms with Crippen LogP contribution in [-0.2, 0) is 11.3 Å². The minimum absolute atomic E-state index is 0.112. The van der Waals surface area contributed by atoms with Crippen molar-refractivity contribution in [3.63, 3.8) is 0 Å². The Hall–Kier alpha value is -3.68. The molecule has 0 bridgehead atoms. The highest BCUT2D eigenvalue weighted by atomic mass is 16.5. The third kappa shape index (κ3) is 4.78. The van der Waals surface area contributed by atoms with Gasteiger partial charge in [-0.1, -0.05) is 42.5 Å². The van der Waals surface area contributed by atoms with Crippen molar-refractivity contribution in [3.05, 3.63) is 89.7 Å². The van der Waals surface area contributed by atoms with Gasteiger partial charge in [0.15, 0.2) is 0 Å². The number of carbonyl (C=O) groups is 1. The van der Waals surface area contributed by atoms with Gasteiger partial charge in [-0.15, -0.1) is 0 Å². The Morgan fingerprint density at radius 3 is 2.43 bits per heavy atom. The molecule has 1 aliphatic rings. The zero-order chi connectivity index (χ0) is 24.4. The van der Waals surface area contributed by atoms with Gasteiger partial charge >= 0.3 is 0 Å². The molecular weight excluding hydrogens is 440 g/mol. The molecule has 7 heteroatoms. The van der Waals surface area contributed by atoms with Crippen LogP contribution < -0.4 is 10.0 Å². The number of anilines is 1. The van der Waals surface area contributed by atoms with E-state index in [-0.39, 0.29) is 11.7 Å². The lowest BCUT2D eigenvalue weighted by atomic mass is 10.1. The van der Waals surface area contributed by atoms with E-state index in [1.807, 2.05) is 6.92 Å². The van der Waals surface area contributed by atoms with Gasteiger partial charge in [-0.25, -0.2) is 4.98 Å². The number of hydrogen-bond acceptors (Lipinski definition) is 6. The molecule has 35 heavy (non-hydrogen) atoms. The number of ether oxygens (including phenoxy) is 1. The first-order valence-corrected chi connectivity index (χ1v) is 11.9. The first-order chi connectivity index (χ1) is 17.0. The first kappa shape index (κ1) is 23.1. The van der Waals surface area contributed by atoms with Gasteiger partial charge in [0, 0.05) is 51.2 Å². The molecule has 0 radical (unpaired) electrons. The normalized spacial score (nSPS) is 15.4. The molecule has 0 saturated carbocycles. The molecule has 1 unspecified atom stereocenters. The Morgan fingerprint density at radius 2 is 1.71 bits per heavy atom. The van der Waals surface area contributed by atoms with Crippen LogP contribution in [0.2, 0.25) is 0 Å². The Morgan fingerprint density at radius 1 is 0.971 bits per heavy atom. The maximum atomic E-state index is 11.4. The fourth-order valence-corrected chi connectivity index (χ4v) is 4.71. The van der Waals surface area contributed by atoms with Crippen LogP contribution in [0.3, 0.4) is 0 Å². The van der Waals surface area contributed by atoms with E-state index in [0.29, 0.717) is 5.52 Å². The standard InChI is InChI=1S/C28H30N4O3/c1-20(35-2)27-29-25-17-22(28(33)34)11-12-26(25)32(27)24-10-6-9-23(18-24)31-15-13-30(14-16-31)19-21-7-4-3-5-8-21/h3-12,17-18,20H,13-16,19H2,1-2H3,(H,33,34)/p-1. The molecule has 2 heterocycles. The number of methoxy groups -OCH3 is 1. The van der Waals surface area contributed by atoms with E-state index in [1.54, 1.807) is 25.3 Å². The lowest BCUT2D eigenvalue weighted by molar-refractivity contribution is -0.255. The summed E-state index contributed by atoms with van der Waals surface area (Å²) in [7, 11) is 1.65. The van der Waals surface area contributed by atoms with Gasteiger partial charge in [0.1, 0.15) is 11.9 Å². The number of nitrogens with zero attached hydrogens (tertiary/aromatic N) is 4. The van der Waals surface area contributed by atoms with E-state index >= 15 is 0 Å². The molecule has 5 rings (SSSR count). The van der Waals surface area contributed by atoms with Gasteiger partial charge in [0.05, 0.1) is 17.0 Å². The quantitative estimate of drug-likeness (QED) is 0.413. The molecule has 0 amide bonds. The number of carbonyl (C=O) groups excluding carboxylic acids is 1. The summed E-state index contributed by atoms with van der Waals surface area (Å²) in [6, 6.07) is 23.9. The summed E-state index contributed by atoms with van der Waals surface area (Å²) in [6.45, 7) is 6.83. The number of rotatable bonds is 7. The van der Waals surface area contributed by atoms with Crippen LogP contribution in [-0.4, -0.2) is 53.7 Å². The molecule has 0 N–H and O–H groups in total. The van der Waals surface area contributed by atoms with Gasteiger partial charge in [-0.2, -0.15) is 0 Å². The molecule has 0 spiro atoms. The Bertz CT molecular complexity index is 1330. The van der Waals surface area contributed by atoms with Gasteiger partial charge in [-0.3, -0.25) is 9.47 Å². The predicted octanol–water partition coefficient (Wildman–Crippen LogP) is 3.42. The van der Waals surface area contributed by atoms with E-state index in [1.165, 1.54) is 5.56 Å². The van der Waals surface area contributed by atoms with Crippen LogP contribution in [0.15, 0.2) is 72.8 Å². The summed E-state index contributed by atoms with van der Waals surface area (Å²) in [4.78, 5) is 21.0. The molecule has 7 nitrogen and oxygen atoms in total. The number of aromatic carboxylic acids is 1. The van der Waals surface area contributed by atoms with Crippen LogP contribution in [0.1, 0.15) is 34.8 Å². The van der Waals surface area contributed by atoms with Crippen molar-refractivity contribution >= 4 is 22.7 Å². The fraction of sp³-hybridized carbons (Fsp3) is 0.286. The molecule has 0 aliphatic carbocycles. The summed E-state index contributed by atoms with van der Waals surface area (Å²) in [5.74, 6) is -0.487. The number of carboxylic acid groups (broad SMARTS) is 1. The van der Waals surface area contributed by atoms with Crippen LogP contribution in [0.25, 0.3) is 16.7 Å². The lowest BCUT2D eigenvalue weighted by Gasteiger charge is -2.36. The summed E-state index contributed by atoms with van der Waals surface area (Å²) in [5.41, 5.74) is 5.02. The molecule has 1 aliphatic heterocycles. The van der Waals surface area contributed by atoms with E-state index in [4.69, 9.17) is 9.72 Å². The Kier molecular flexibility index (Phi) is 6.53. The van der Waals surface area contributed by atoms with E-state index in [9.17, 15) is 9.90 Å². The summed E-state index contributed by atoms with van der Waals surface area (Å²) in [5, 5.41) is 11.4. The third-order valence-corrected chi connectivity index (χ3v) is 6.71. The second kappa shape index (κ2) is 9.90. The minimum Gasteiger partial charge on any atom is -0.545 e. The highest BCUT2D eigenvalue weighted by Gasteiger charge is 2.21. The molecule has 1 saturated heterocycles. The Balaban J connectivity index is 1.42. The maximum absolute atomic E-state index is 11.4. The van der Waals surface area contributed by atoms with E-state index < -0.39 is 5.97 Å². The molecule has 180 valence electrons. The van der Waals surface area contributed by atoms with Crippen molar-refractivity contribution in [2.45, 2.75) is 19.6 Å². The van der Waals surface area contributed by atoms with E-state index in [0.717, 1.165) is 55.4 Å². The number of hydrogen-bond donors (Lipinski definition) is 0. The van der Waals surface area contributed by atoms with Gasteiger partial charge in [0.25, 0.3) is 0 Å². The SMILES string of the molecule is COC(C)c1nc2cc(C(=O)[O-])ccc2n1-c1cccc(N2CCN(Cc3ccccc3)CC2)c1. The highest BCUT2D eigenvalue weighted by Crippen LogP contribution is 2.29. The van der Waals surface area contributed by atoms with Crippen molar-refractivity contribution < 1.29 is 14.6 Å². The van der Waals surface area contributed by atoms with Crippen molar-refractivity contribution in [3.8, 4) is 5.69 Å². The number of imidazole rings is 1. The lowest BCUT2D eigenvalue weighted by Crippen LogP contribution is -2.46. The largest absolute Gasteiger partial charge is 0.545 e. The molecular formula is C28H29N4O3-.